The van der Waals surface area contributed by atoms with E-state index in [1.807, 2.05) is 4.98 Å². The van der Waals surface area contributed by atoms with E-state index in [2.05, 4.69) is 9.63 Å². The Kier molecular flexibility index (Phi) is 11.8. The number of amides is 1. The standard InChI is InChI=1S/C20H31N3O19P2/c1-7(38-16-12(21-8(2)25)19(30)40-9(5-24)13(16)27)18(29)37-6-10-15(41-44(35,36)42-43(32,33)34)14(28)17(39-10)23-4-3-11(26)22-20(23)31/h3-4,7,9-10,12-17,19,24,27-28,30H,5-6H2,1-2H3,(H,21,25)(H,35,36)(H,22,26,31)(H2,32,33,34)/t7?,9-,10-,12-,13-,14-,15-,16-,17-,19+/m1/s1. The molecule has 1 aromatic rings. The van der Waals surface area contributed by atoms with Crippen molar-refractivity contribution in [3.05, 3.63) is 33.1 Å². The van der Waals surface area contributed by atoms with Crippen molar-refractivity contribution in [2.45, 2.75) is 75.1 Å². The van der Waals surface area contributed by atoms with Gasteiger partial charge in [-0.25, -0.2) is 18.7 Å². The molecule has 0 aliphatic carbocycles. The molecule has 0 aromatic carbocycles. The van der Waals surface area contributed by atoms with Crippen LogP contribution in [0.15, 0.2) is 21.9 Å². The Balaban J connectivity index is 1.79. The van der Waals surface area contributed by atoms with Gasteiger partial charge in [-0.2, -0.15) is 4.31 Å². The molecule has 22 nitrogen and oxygen atoms in total. The predicted octanol–water partition coefficient (Wildman–Crippen LogP) is -4.72. The largest absolute Gasteiger partial charge is 0.481 e. The van der Waals surface area contributed by atoms with Crippen LogP contribution >= 0.6 is 15.6 Å². The molecule has 3 heterocycles. The van der Waals surface area contributed by atoms with E-state index in [9.17, 15) is 53.6 Å². The number of carbonyl (C=O) groups excluding carboxylic acids is 2. The Morgan fingerprint density at radius 2 is 1.75 bits per heavy atom. The lowest BCUT2D eigenvalue weighted by Gasteiger charge is -2.43. The van der Waals surface area contributed by atoms with E-state index in [-0.39, 0.29) is 0 Å². The molecule has 44 heavy (non-hydrogen) atoms. The fraction of sp³-hybridized carbons (Fsp3) is 0.700. The maximum absolute atomic E-state index is 12.8. The minimum Gasteiger partial charge on any atom is -0.461 e. The highest BCUT2D eigenvalue weighted by atomic mass is 31.3. The number of hydrogen-bond donors (Lipinski definition) is 9. The van der Waals surface area contributed by atoms with Crippen molar-refractivity contribution in [1.82, 2.24) is 14.9 Å². The third-order valence-electron chi connectivity index (χ3n) is 6.23. The molecular weight excluding hydrogens is 648 g/mol. The first-order valence-corrected chi connectivity index (χ1v) is 15.5. The summed E-state index contributed by atoms with van der Waals surface area (Å²) in [5, 5.41) is 43.2. The molecule has 1 aromatic heterocycles. The topological polar surface area (TPSA) is 332 Å². The average molecular weight is 679 g/mol. The Labute approximate surface area is 245 Å². The third-order valence-corrected chi connectivity index (χ3v) is 8.41. The van der Waals surface area contributed by atoms with Gasteiger partial charge >= 0.3 is 27.3 Å². The van der Waals surface area contributed by atoms with Crippen molar-refractivity contribution < 1.29 is 81.6 Å². The van der Waals surface area contributed by atoms with Gasteiger partial charge in [-0.3, -0.25) is 23.7 Å². The van der Waals surface area contributed by atoms with Gasteiger partial charge in [0.2, 0.25) is 5.91 Å². The zero-order valence-corrected chi connectivity index (χ0v) is 24.5. The monoisotopic (exact) mass is 679 g/mol. The van der Waals surface area contributed by atoms with Crippen LogP contribution in [0, 0.1) is 0 Å². The minimum absolute atomic E-state index is 0.639. The van der Waals surface area contributed by atoms with Crippen LogP contribution in [0.1, 0.15) is 20.1 Å². The first-order valence-electron chi connectivity index (χ1n) is 12.5. The highest BCUT2D eigenvalue weighted by molar-refractivity contribution is 7.60. The normalized spacial score (nSPS) is 32.9. The summed E-state index contributed by atoms with van der Waals surface area (Å²) in [4.78, 5) is 77.6. The van der Waals surface area contributed by atoms with Gasteiger partial charge < -0.3 is 59.4 Å². The van der Waals surface area contributed by atoms with Gasteiger partial charge in [0.1, 0.15) is 49.3 Å². The number of aliphatic hydroxyl groups excluding tert-OH is 4. The van der Waals surface area contributed by atoms with E-state index < -0.39 is 113 Å². The molecule has 0 spiro atoms. The lowest BCUT2D eigenvalue weighted by molar-refractivity contribution is -0.267. The first-order chi connectivity index (χ1) is 20.3. The SMILES string of the molecule is CC(=O)N[C@@H]1[C@@H](OC(C)C(=O)OC[C@H]2O[C@@H](n3ccc(=O)[nH]c3=O)[C@H](O)[C@@H]2OP(=O)(O)OP(=O)(O)O)[C@H](O)[C@@H](CO)O[C@@H]1O. The minimum atomic E-state index is -5.64. The maximum atomic E-state index is 12.8. The molecule has 11 atom stereocenters. The highest BCUT2D eigenvalue weighted by Crippen LogP contribution is 2.59. The van der Waals surface area contributed by atoms with Gasteiger partial charge in [-0.1, -0.05) is 0 Å². The van der Waals surface area contributed by atoms with E-state index >= 15 is 0 Å². The van der Waals surface area contributed by atoms with Crippen LogP contribution in [0.25, 0.3) is 0 Å². The molecule has 2 aliphatic rings. The van der Waals surface area contributed by atoms with Crippen molar-refractivity contribution in [3.63, 3.8) is 0 Å². The Morgan fingerprint density at radius 3 is 2.32 bits per heavy atom. The quantitative estimate of drug-likeness (QED) is 0.0740. The van der Waals surface area contributed by atoms with Gasteiger partial charge in [-0.15, -0.1) is 0 Å². The predicted molar refractivity (Wildman–Crippen MR) is 136 cm³/mol. The summed E-state index contributed by atoms with van der Waals surface area (Å²) in [6.07, 6.45) is -14.6. The maximum Gasteiger partial charge on any atom is 0.481 e. The number of nitrogens with one attached hydrogen (secondary N) is 2. The van der Waals surface area contributed by atoms with Crippen LogP contribution in [0.5, 0.6) is 0 Å². The number of aromatic nitrogens is 2. The number of phosphoric ester groups is 1. The second-order valence-corrected chi connectivity index (χ2v) is 12.3. The fourth-order valence-electron chi connectivity index (χ4n) is 4.36. The van der Waals surface area contributed by atoms with Crippen molar-refractivity contribution in [1.29, 1.82) is 0 Å². The Morgan fingerprint density at radius 1 is 1.09 bits per heavy atom. The summed E-state index contributed by atoms with van der Waals surface area (Å²) in [6.45, 7) is 0.524. The van der Waals surface area contributed by atoms with Crippen molar-refractivity contribution in [3.8, 4) is 0 Å². The molecule has 2 saturated heterocycles. The van der Waals surface area contributed by atoms with Crippen molar-refractivity contribution >= 4 is 27.5 Å². The van der Waals surface area contributed by atoms with Crippen LogP contribution in [-0.4, -0.2) is 125 Å². The lowest BCUT2D eigenvalue weighted by Crippen LogP contribution is -2.65. The zero-order chi connectivity index (χ0) is 33.1. The second-order valence-electron chi connectivity index (χ2n) is 9.52. The molecule has 9 N–H and O–H groups in total. The van der Waals surface area contributed by atoms with Gasteiger partial charge in [0.15, 0.2) is 18.6 Å². The summed E-state index contributed by atoms with van der Waals surface area (Å²) in [7, 11) is -11.2. The van der Waals surface area contributed by atoms with Crippen LogP contribution in [-0.2, 0) is 46.5 Å². The Hall–Kier alpha value is -2.40. The van der Waals surface area contributed by atoms with Gasteiger partial charge in [0.25, 0.3) is 5.56 Å². The van der Waals surface area contributed by atoms with Gasteiger partial charge in [0.05, 0.1) is 6.61 Å². The van der Waals surface area contributed by atoms with E-state index in [1.165, 1.54) is 0 Å². The number of rotatable bonds is 12. The number of ether oxygens (including phenoxy) is 4. The zero-order valence-electron chi connectivity index (χ0n) is 22.7. The number of esters is 1. The summed E-state index contributed by atoms with van der Waals surface area (Å²) in [5.41, 5.74) is -1.93. The Bertz CT molecular complexity index is 1400. The highest BCUT2D eigenvalue weighted by Gasteiger charge is 2.51. The lowest BCUT2D eigenvalue weighted by atomic mass is 9.96. The van der Waals surface area contributed by atoms with Gasteiger partial charge in [0, 0.05) is 19.2 Å². The number of H-pyrrole nitrogens is 1. The molecule has 0 saturated carbocycles. The molecule has 2 fully saturated rings. The number of hydrogen-bond acceptors (Lipinski definition) is 16. The number of phosphoric acid groups is 2. The van der Waals surface area contributed by atoms with E-state index in [0.717, 1.165) is 26.1 Å². The summed E-state index contributed by atoms with van der Waals surface area (Å²) >= 11 is 0. The van der Waals surface area contributed by atoms with Crippen LogP contribution in [0.3, 0.4) is 0 Å². The van der Waals surface area contributed by atoms with Crippen molar-refractivity contribution in [2.24, 2.45) is 0 Å². The van der Waals surface area contributed by atoms with E-state index in [4.69, 9.17) is 33.3 Å². The summed E-state index contributed by atoms with van der Waals surface area (Å²) in [6, 6.07) is -0.541. The van der Waals surface area contributed by atoms with E-state index in [0.29, 0.717) is 4.57 Å². The number of carbonyl (C=O) groups is 2. The average Bonchev–Trinajstić information content (AvgIpc) is 3.18. The third kappa shape index (κ3) is 9.08. The van der Waals surface area contributed by atoms with Crippen LogP contribution in [0.2, 0.25) is 0 Å². The number of nitrogens with zero attached hydrogens (tertiary/aromatic N) is 1. The number of aromatic amines is 1. The molecular formula is C20H31N3O19P2. The van der Waals surface area contributed by atoms with Crippen molar-refractivity contribution in [2.75, 3.05) is 13.2 Å². The molecule has 2 unspecified atom stereocenters. The smallest absolute Gasteiger partial charge is 0.461 e. The molecule has 24 heteroatoms. The first kappa shape index (κ1) is 36.1. The molecule has 1 amide bonds. The van der Waals surface area contributed by atoms with E-state index in [1.54, 1.807) is 0 Å². The van der Waals surface area contributed by atoms with Crippen LogP contribution < -0.4 is 16.6 Å². The van der Waals surface area contributed by atoms with Crippen LogP contribution in [0.4, 0.5) is 0 Å². The van der Waals surface area contributed by atoms with Gasteiger partial charge in [-0.05, 0) is 6.92 Å². The second kappa shape index (κ2) is 14.4. The molecule has 0 bridgehead atoms. The summed E-state index contributed by atoms with van der Waals surface area (Å²) < 4.78 is 53.5. The molecule has 250 valence electrons. The fourth-order valence-corrected chi connectivity index (χ4v) is 6.15. The summed E-state index contributed by atoms with van der Waals surface area (Å²) in [5.74, 6) is -1.88. The number of aliphatic hydroxyl groups is 4. The molecule has 3 rings (SSSR count). The molecule has 0 radical (unpaired) electrons. The molecule has 2 aliphatic heterocycles.